The lowest BCUT2D eigenvalue weighted by atomic mass is 9.96. The number of β-lactam (4-membered cyclic amide) rings is 1. The number of amides is 1. The topological polar surface area (TPSA) is 90.2 Å². The third-order valence-corrected chi connectivity index (χ3v) is 5.51. The lowest BCUT2D eigenvalue weighted by molar-refractivity contribution is -0.158. The van der Waals surface area contributed by atoms with Crippen LogP contribution in [0.1, 0.15) is 19.4 Å². The third-order valence-electron chi connectivity index (χ3n) is 3.96. The van der Waals surface area contributed by atoms with Crippen molar-refractivity contribution < 1.29 is 19.8 Å². The van der Waals surface area contributed by atoms with Crippen LogP contribution in [0.3, 0.4) is 0 Å². The average molecular weight is 320 g/mol. The zero-order chi connectivity index (χ0) is 16.1. The molecule has 116 valence electrons. The van der Waals surface area contributed by atoms with Crippen molar-refractivity contribution >= 4 is 29.9 Å². The standard InChI is InChI=1S/C15H16N2O4S/c1-15(2)11(14(20)21)17-12(19)10(13(17)22-15)16-7-8-5-3-4-6-9(8)18/h3-7,10-11,13,18H,1-2H3,(H,20,21)/t10-,11+,13-/m1/s1. The molecule has 2 fully saturated rings. The van der Waals surface area contributed by atoms with Gasteiger partial charge in [-0.05, 0) is 26.0 Å². The van der Waals surface area contributed by atoms with Crippen LogP contribution in [0.15, 0.2) is 29.3 Å². The van der Waals surface area contributed by atoms with Gasteiger partial charge in [0.15, 0.2) is 6.04 Å². The Kier molecular flexibility index (Phi) is 3.40. The Morgan fingerprint density at radius 1 is 1.41 bits per heavy atom. The molecule has 2 N–H and O–H groups in total. The third kappa shape index (κ3) is 2.16. The number of carbonyl (C=O) groups is 2. The Morgan fingerprint density at radius 2 is 2.09 bits per heavy atom. The Balaban J connectivity index is 1.81. The van der Waals surface area contributed by atoms with Gasteiger partial charge in [-0.1, -0.05) is 12.1 Å². The quantitative estimate of drug-likeness (QED) is 0.648. The summed E-state index contributed by atoms with van der Waals surface area (Å²) in [5, 5.41) is 18.8. The molecule has 0 aliphatic carbocycles. The van der Waals surface area contributed by atoms with Gasteiger partial charge in [-0.15, -0.1) is 11.8 Å². The number of hydrogen-bond donors (Lipinski definition) is 2. The van der Waals surface area contributed by atoms with Crippen LogP contribution in [-0.4, -0.2) is 55.4 Å². The van der Waals surface area contributed by atoms with Gasteiger partial charge in [0.1, 0.15) is 17.2 Å². The van der Waals surface area contributed by atoms with Gasteiger partial charge in [-0.2, -0.15) is 0 Å². The van der Waals surface area contributed by atoms with Crippen LogP contribution in [-0.2, 0) is 9.59 Å². The van der Waals surface area contributed by atoms with Crippen LogP contribution in [0.4, 0.5) is 0 Å². The van der Waals surface area contributed by atoms with Crippen LogP contribution in [0.25, 0.3) is 0 Å². The molecule has 1 amide bonds. The van der Waals surface area contributed by atoms with E-state index in [1.165, 1.54) is 22.9 Å². The Morgan fingerprint density at radius 3 is 2.73 bits per heavy atom. The molecule has 0 spiro atoms. The summed E-state index contributed by atoms with van der Waals surface area (Å²) in [4.78, 5) is 29.3. The molecule has 2 heterocycles. The van der Waals surface area contributed by atoms with Crippen molar-refractivity contribution in [2.75, 3.05) is 0 Å². The summed E-state index contributed by atoms with van der Waals surface area (Å²) in [5.41, 5.74) is 0.533. The summed E-state index contributed by atoms with van der Waals surface area (Å²) >= 11 is 1.45. The molecule has 2 aliphatic rings. The van der Waals surface area contributed by atoms with Crippen molar-refractivity contribution in [3.8, 4) is 5.75 Å². The highest BCUT2D eigenvalue weighted by molar-refractivity contribution is 8.01. The molecule has 0 radical (unpaired) electrons. The summed E-state index contributed by atoms with van der Waals surface area (Å²) in [7, 11) is 0. The van der Waals surface area contributed by atoms with Crippen LogP contribution in [0.5, 0.6) is 5.75 Å². The number of para-hydroxylation sites is 1. The summed E-state index contributed by atoms with van der Waals surface area (Å²) in [6, 6.07) is 5.30. The highest BCUT2D eigenvalue weighted by Crippen LogP contribution is 2.51. The Labute approximate surface area is 131 Å². The molecule has 1 aromatic rings. The first kappa shape index (κ1) is 14.9. The molecule has 2 saturated heterocycles. The number of aliphatic imine (C=N–C) groups is 1. The normalized spacial score (nSPS) is 29.5. The fraction of sp³-hybridized carbons (Fsp3) is 0.400. The van der Waals surface area contributed by atoms with Gasteiger partial charge >= 0.3 is 5.97 Å². The molecule has 6 nitrogen and oxygen atoms in total. The molecular formula is C15H16N2O4S. The Hall–Kier alpha value is -2.02. The van der Waals surface area contributed by atoms with Crippen LogP contribution in [0, 0.1) is 0 Å². The van der Waals surface area contributed by atoms with Crippen LogP contribution in [0.2, 0.25) is 0 Å². The van der Waals surface area contributed by atoms with Gasteiger partial charge in [-0.3, -0.25) is 9.79 Å². The number of fused-ring (bicyclic) bond motifs is 1. The fourth-order valence-electron chi connectivity index (χ4n) is 2.89. The van der Waals surface area contributed by atoms with Gasteiger partial charge < -0.3 is 15.1 Å². The van der Waals surface area contributed by atoms with E-state index in [0.717, 1.165) is 0 Å². The van der Waals surface area contributed by atoms with Crippen molar-refractivity contribution in [2.24, 2.45) is 4.99 Å². The van der Waals surface area contributed by atoms with E-state index in [1.54, 1.807) is 24.3 Å². The second kappa shape index (κ2) is 5.01. The zero-order valence-electron chi connectivity index (χ0n) is 12.1. The number of carbonyl (C=O) groups excluding carboxylic acids is 1. The molecular weight excluding hydrogens is 304 g/mol. The Bertz CT molecular complexity index is 673. The summed E-state index contributed by atoms with van der Waals surface area (Å²) in [5.74, 6) is -1.17. The number of phenolic OH excluding ortho intramolecular Hbond substituents is 1. The minimum atomic E-state index is -0.989. The van der Waals surface area contributed by atoms with Crippen molar-refractivity contribution in [1.82, 2.24) is 4.90 Å². The van der Waals surface area contributed by atoms with Gasteiger partial charge in [0.2, 0.25) is 0 Å². The predicted octanol–water partition coefficient (Wildman–Crippen LogP) is 1.33. The van der Waals surface area contributed by atoms with Gasteiger partial charge in [0.05, 0.1) is 0 Å². The van der Waals surface area contributed by atoms with Crippen molar-refractivity contribution in [2.45, 2.75) is 36.1 Å². The molecule has 7 heteroatoms. The monoisotopic (exact) mass is 320 g/mol. The van der Waals surface area contributed by atoms with Gasteiger partial charge in [-0.25, -0.2) is 4.79 Å². The van der Waals surface area contributed by atoms with E-state index in [4.69, 9.17) is 0 Å². The molecule has 1 aromatic carbocycles. The largest absolute Gasteiger partial charge is 0.507 e. The molecule has 0 aromatic heterocycles. The van der Waals surface area contributed by atoms with E-state index in [1.807, 2.05) is 13.8 Å². The number of carboxylic acid groups (broad SMARTS) is 1. The van der Waals surface area contributed by atoms with Crippen LogP contribution >= 0.6 is 11.8 Å². The lowest BCUT2D eigenvalue weighted by Crippen LogP contribution is -2.64. The first-order valence-corrected chi connectivity index (χ1v) is 7.75. The summed E-state index contributed by atoms with van der Waals surface area (Å²) in [6.45, 7) is 3.65. The first-order valence-electron chi connectivity index (χ1n) is 6.87. The summed E-state index contributed by atoms with van der Waals surface area (Å²) < 4.78 is -0.550. The minimum Gasteiger partial charge on any atom is -0.507 e. The maximum absolute atomic E-state index is 12.2. The van der Waals surface area contributed by atoms with Crippen LogP contribution < -0.4 is 0 Å². The molecule has 3 rings (SSSR count). The maximum atomic E-state index is 12.2. The molecule has 2 aliphatic heterocycles. The summed E-state index contributed by atoms with van der Waals surface area (Å²) in [6.07, 6.45) is 1.47. The number of phenols is 1. The number of aromatic hydroxyl groups is 1. The van der Waals surface area contributed by atoms with E-state index >= 15 is 0 Å². The van der Waals surface area contributed by atoms with E-state index in [9.17, 15) is 19.8 Å². The molecule has 0 bridgehead atoms. The van der Waals surface area contributed by atoms with E-state index < -0.39 is 22.8 Å². The fourth-order valence-corrected chi connectivity index (χ4v) is 4.51. The maximum Gasteiger partial charge on any atom is 0.327 e. The smallest absolute Gasteiger partial charge is 0.327 e. The number of aliphatic carboxylic acids is 1. The number of thioether (sulfide) groups is 1. The lowest BCUT2D eigenvalue weighted by Gasteiger charge is -2.41. The highest BCUT2D eigenvalue weighted by Gasteiger charge is 2.63. The zero-order valence-corrected chi connectivity index (χ0v) is 12.9. The average Bonchev–Trinajstić information content (AvgIpc) is 2.69. The van der Waals surface area contributed by atoms with Crippen molar-refractivity contribution in [3.05, 3.63) is 29.8 Å². The number of benzene rings is 1. The first-order chi connectivity index (χ1) is 10.3. The molecule has 22 heavy (non-hydrogen) atoms. The number of rotatable bonds is 3. The van der Waals surface area contributed by atoms with Crippen molar-refractivity contribution in [3.63, 3.8) is 0 Å². The SMILES string of the molecule is CC1(C)S[C@@H]2[C@H](N=Cc3ccccc3O)C(=O)N2[C@H]1C(=O)O. The van der Waals surface area contributed by atoms with E-state index in [-0.39, 0.29) is 17.0 Å². The predicted molar refractivity (Wildman–Crippen MR) is 83.2 cm³/mol. The molecule has 3 atom stereocenters. The number of hydrogen-bond acceptors (Lipinski definition) is 5. The van der Waals surface area contributed by atoms with Crippen molar-refractivity contribution in [1.29, 1.82) is 0 Å². The number of carboxylic acids is 1. The van der Waals surface area contributed by atoms with Gasteiger partial charge in [0.25, 0.3) is 5.91 Å². The second-order valence-corrected chi connectivity index (χ2v) is 7.65. The van der Waals surface area contributed by atoms with Gasteiger partial charge in [0, 0.05) is 16.5 Å². The molecule has 0 unspecified atom stereocenters. The number of nitrogens with zero attached hydrogens (tertiary/aromatic N) is 2. The van der Waals surface area contributed by atoms with E-state index in [2.05, 4.69) is 4.99 Å². The highest BCUT2D eigenvalue weighted by atomic mass is 32.2. The minimum absolute atomic E-state index is 0.0951. The second-order valence-electron chi connectivity index (χ2n) is 5.88. The van der Waals surface area contributed by atoms with E-state index in [0.29, 0.717) is 5.56 Å². The molecule has 0 saturated carbocycles.